The molecule has 1 heterocycles. The number of hydrogen-bond donors (Lipinski definition) is 4. The molecule has 0 aromatic rings. The Morgan fingerprint density at radius 1 is 1.07 bits per heavy atom. The molecule has 6 heteroatoms. The normalized spacial score (nSPS) is 58.5. The van der Waals surface area contributed by atoms with Crippen LogP contribution in [0.3, 0.4) is 0 Å². The third-order valence-corrected chi connectivity index (χ3v) is 2.62. The SMILES string of the molecule is CC1(O)OC2[C@@H](O)CC(O)[C@@H](O1)[C@H]2O. The van der Waals surface area contributed by atoms with Gasteiger partial charge in [0.25, 0.3) is 5.97 Å². The third kappa shape index (κ3) is 1.54. The second-order valence-electron chi connectivity index (χ2n) is 3.92. The molecular formula is C8H14O6. The summed E-state index contributed by atoms with van der Waals surface area (Å²) in [4.78, 5) is 0. The second-order valence-corrected chi connectivity index (χ2v) is 3.92. The fourth-order valence-corrected chi connectivity index (χ4v) is 1.99. The lowest BCUT2D eigenvalue weighted by Gasteiger charge is -2.49. The van der Waals surface area contributed by atoms with Gasteiger partial charge in [-0.05, 0) is 0 Å². The molecule has 0 spiro atoms. The summed E-state index contributed by atoms with van der Waals surface area (Å²) in [5.41, 5.74) is 0. The van der Waals surface area contributed by atoms with E-state index in [1.807, 2.05) is 0 Å². The van der Waals surface area contributed by atoms with E-state index >= 15 is 0 Å². The number of ether oxygens (including phenoxy) is 2. The Morgan fingerprint density at radius 2 is 1.50 bits per heavy atom. The van der Waals surface area contributed by atoms with Crippen LogP contribution in [0.15, 0.2) is 0 Å². The van der Waals surface area contributed by atoms with E-state index in [-0.39, 0.29) is 6.42 Å². The minimum Gasteiger partial charge on any atom is -0.390 e. The summed E-state index contributed by atoms with van der Waals surface area (Å²) in [5, 5.41) is 38.0. The molecule has 4 N–H and O–H groups in total. The van der Waals surface area contributed by atoms with Gasteiger partial charge in [-0.15, -0.1) is 0 Å². The molecule has 2 fully saturated rings. The molecule has 82 valence electrons. The zero-order valence-electron chi connectivity index (χ0n) is 7.70. The topological polar surface area (TPSA) is 99.4 Å². The van der Waals surface area contributed by atoms with Crippen molar-refractivity contribution >= 4 is 0 Å². The third-order valence-electron chi connectivity index (χ3n) is 2.62. The fraction of sp³-hybridized carbons (Fsp3) is 1.00. The summed E-state index contributed by atoms with van der Waals surface area (Å²) in [6, 6.07) is 0. The minimum atomic E-state index is -1.86. The van der Waals surface area contributed by atoms with Crippen molar-refractivity contribution in [3.63, 3.8) is 0 Å². The molecule has 1 aliphatic carbocycles. The monoisotopic (exact) mass is 206 g/mol. The largest absolute Gasteiger partial charge is 0.390 e. The van der Waals surface area contributed by atoms with Gasteiger partial charge < -0.3 is 29.9 Å². The number of rotatable bonds is 0. The first-order valence-corrected chi connectivity index (χ1v) is 4.53. The van der Waals surface area contributed by atoms with Crippen LogP contribution in [0.1, 0.15) is 13.3 Å². The van der Waals surface area contributed by atoms with Crippen molar-refractivity contribution < 1.29 is 29.9 Å². The zero-order valence-corrected chi connectivity index (χ0v) is 7.70. The van der Waals surface area contributed by atoms with Gasteiger partial charge in [-0.1, -0.05) is 0 Å². The molecule has 1 aliphatic heterocycles. The van der Waals surface area contributed by atoms with E-state index in [4.69, 9.17) is 9.47 Å². The van der Waals surface area contributed by atoms with Crippen LogP contribution in [-0.4, -0.2) is 56.9 Å². The predicted molar refractivity (Wildman–Crippen MR) is 43.0 cm³/mol. The Morgan fingerprint density at radius 3 is 1.93 bits per heavy atom. The first kappa shape index (κ1) is 10.3. The van der Waals surface area contributed by atoms with Crippen LogP contribution in [0, 0.1) is 0 Å². The van der Waals surface area contributed by atoms with Crippen molar-refractivity contribution in [3.05, 3.63) is 0 Å². The zero-order chi connectivity index (χ0) is 10.5. The van der Waals surface area contributed by atoms with Gasteiger partial charge in [0.1, 0.15) is 18.3 Å². The van der Waals surface area contributed by atoms with Gasteiger partial charge in [-0.2, -0.15) is 0 Å². The Balaban J connectivity index is 2.23. The van der Waals surface area contributed by atoms with Crippen molar-refractivity contribution in [1.29, 1.82) is 0 Å². The van der Waals surface area contributed by atoms with Crippen LogP contribution in [0.4, 0.5) is 0 Å². The van der Waals surface area contributed by atoms with E-state index in [2.05, 4.69) is 0 Å². The van der Waals surface area contributed by atoms with Crippen LogP contribution in [0.2, 0.25) is 0 Å². The van der Waals surface area contributed by atoms with Gasteiger partial charge >= 0.3 is 0 Å². The lowest BCUT2D eigenvalue weighted by molar-refractivity contribution is -0.450. The molecule has 0 aromatic carbocycles. The van der Waals surface area contributed by atoms with E-state index in [0.29, 0.717) is 0 Å². The summed E-state index contributed by atoms with van der Waals surface area (Å²) >= 11 is 0. The highest BCUT2D eigenvalue weighted by Gasteiger charge is 2.53. The smallest absolute Gasteiger partial charge is 0.278 e. The van der Waals surface area contributed by atoms with E-state index in [1.54, 1.807) is 0 Å². The molecule has 6 atom stereocenters. The lowest BCUT2D eigenvalue weighted by atomic mass is 9.86. The standard InChI is InChI=1S/C8H14O6/c1-8(12)13-6-3(9)2-4(10)7(14-8)5(6)11/h3-7,9-12H,2H2,1H3/t3-,4?,5-,6?,7+,8?/m0/s1. The van der Waals surface area contributed by atoms with Crippen LogP contribution in [0.25, 0.3) is 0 Å². The minimum absolute atomic E-state index is 0.0719. The van der Waals surface area contributed by atoms with Gasteiger partial charge in [-0.25, -0.2) is 0 Å². The van der Waals surface area contributed by atoms with Crippen molar-refractivity contribution in [1.82, 2.24) is 0 Å². The molecule has 2 aliphatic rings. The maximum absolute atomic E-state index is 9.58. The van der Waals surface area contributed by atoms with Crippen molar-refractivity contribution in [2.75, 3.05) is 0 Å². The summed E-state index contributed by atoms with van der Waals surface area (Å²) in [6.07, 6.45) is -4.85. The molecular weight excluding hydrogens is 192 g/mol. The molecule has 14 heavy (non-hydrogen) atoms. The van der Waals surface area contributed by atoms with Crippen LogP contribution in [-0.2, 0) is 9.47 Å². The molecule has 0 amide bonds. The summed E-state index contributed by atoms with van der Waals surface area (Å²) in [6.45, 7) is 1.25. The van der Waals surface area contributed by atoms with Gasteiger partial charge in [0.2, 0.25) is 0 Å². The van der Waals surface area contributed by atoms with E-state index in [1.165, 1.54) is 6.92 Å². The van der Waals surface area contributed by atoms with Crippen molar-refractivity contribution in [2.24, 2.45) is 0 Å². The highest BCUT2D eigenvalue weighted by Crippen LogP contribution is 2.34. The molecule has 0 radical (unpaired) electrons. The first-order chi connectivity index (χ1) is 6.41. The van der Waals surface area contributed by atoms with Crippen LogP contribution in [0.5, 0.6) is 0 Å². The number of aliphatic hydroxyl groups is 4. The Labute approximate surface area is 80.7 Å². The van der Waals surface area contributed by atoms with E-state index in [0.717, 1.165) is 0 Å². The lowest BCUT2D eigenvalue weighted by Crippen LogP contribution is -2.66. The Hall–Kier alpha value is -0.240. The van der Waals surface area contributed by atoms with E-state index < -0.39 is 36.5 Å². The van der Waals surface area contributed by atoms with Crippen molar-refractivity contribution in [2.45, 2.75) is 49.8 Å². The molecule has 1 saturated carbocycles. The number of fused-ring (bicyclic) bond motifs is 2. The van der Waals surface area contributed by atoms with E-state index in [9.17, 15) is 20.4 Å². The average molecular weight is 206 g/mol. The van der Waals surface area contributed by atoms with Crippen LogP contribution >= 0.6 is 0 Å². The Kier molecular flexibility index (Phi) is 2.30. The highest BCUT2D eigenvalue weighted by molar-refractivity contribution is 4.97. The van der Waals surface area contributed by atoms with Gasteiger partial charge in [-0.3, -0.25) is 0 Å². The number of aliphatic hydroxyl groups excluding tert-OH is 3. The second kappa shape index (κ2) is 3.13. The highest BCUT2D eigenvalue weighted by atomic mass is 16.8. The first-order valence-electron chi connectivity index (χ1n) is 4.53. The fourth-order valence-electron chi connectivity index (χ4n) is 1.99. The maximum atomic E-state index is 9.58. The Bertz CT molecular complexity index is 210. The van der Waals surface area contributed by atoms with Gasteiger partial charge in [0, 0.05) is 13.3 Å². The molecule has 2 rings (SSSR count). The average Bonchev–Trinajstić information content (AvgIpc) is 2.05. The van der Waals surface area contributed by atoms with Gasteiger partial charge in [0.05, 0.1) is 12.2 Å². The molecule has 6 nitrogen and oxygen atoms in total. The molecule has 3 unspecified atom stereocenters. The molecule has 1 saturated heterocycles. The molecule has 2 bridgehead atoms. The van der Waals surface area contributed by atoms with Crippen LogP contribution < -0.4 is 0 Å². The summed E-state index contributed by atoms with van der Waals surface area (Å²) in [7, 11) is 0. The van der Waals surface area contributed by atoms with Gasteiger partial charge in [0.15, 0.2) is 0 Å². The maximum Gasteiger partial charge on any atom is 0.278 e. The number of hydrogen-bond acceptors (Lipinski definition) is 6. The summed E-state index contributed by atoms with van der Waals surface area (Å²) in [5.74, 6) is -1.86. The summed E-state index contributed by atoms with van der Waals surface area (Å²) < 4.78 is 9.88. The predicted octanol–water partition coefficient (Wildman–Crippen LogP) is -2.08. The quantitative estimate of drug-likeness (QED) is 0.363. The molecule has 0 aromatic heterocycles. The van der Waals surface area contributed by atoms with Crippen molar-refractivity contribution in [3.8, 4) is 0 Å².